The predicted octanol–water partition coefficient (Wildman–Crippen LogP) is -1.12. The Labute approximate surface area is 100 Å². The number of rotatable bonds is 3. The summed E-state index contributed by atoms with van der Waals surface area (Å²) >= 11 is 1.85. The third kappa shape index (κ3) is 2.34. The first-order valence-corrected chi connectivity index (χ1v) is 6.89. The van der Waals surface area contributed by atoms with Crippen molar-refractivity contribution in [2.45, 2.75) is 17.3 Å². The first kappa shape index (κ1) is 12.2. The van der Waals surface area contributed by atoms with Gasteiger partial charge >= 0.3 is 0 Å². The highest BCUT2D eigenvalue weighted by Crippen LogP contribution is 2.23. The van der Waals surface area contributed by atoms with Gasteiger partial charge in [0.05, 0.1) is 13.2 Å². The Hall–Kier alpha value is -0.300. The van der Waals surface area contributed by atoms with Gasteiger partial charge < -0.3 is 15.8 Å². The lowest BCUT2D eigenvalue weighted by atomic mass is 10.1. The number of hydrogen-bond donors (Lipinski definition) is 2. The molecule has 0 aromatic carbocycles. The second kappa shape index (κ2) is 5.35. The van der Waals surface area contributed by atoms with Crippen molar-refractivity contribution in [1.82, 2.24) is 10.2 Å². The van der Waals surface area contributed by atoms with Crippen LogP contribution in [0.25, 0.3) is 0 Å². The van der Waals surface area contributed by atoms with E-state index in [4.69, 9.17) is 10.5 Å². The van der Waals surface area contributed by atoms with Gasteiger partial charge in [-0.1, -0.05) is 0 Å². The van der Waals surface area contributed by atoms with E-state index in [-0.39, 0.29) is 11.9 Å². The van der Waals surface area contributed by atoms with Crippen molar-refractivity contribution in [3.8, 4) is 0 Å². The van der Waals surface area contributed by atoms with E-state index in [9.17, 15) is 4.79 Å². The topological polar surface area (TPSA) is 67.6 Å². The smallest absolute Gasteiger partial charge is 0.237 e. The van der Waals surface area contributed by atoms with Gasteiger partial charge in [-0.25, -0.2) is 0 Å². The monoisotopic (exact) mass is 245 g/mol. The Morgan fingerprint density at radius 1 is 1.56 bits per heavy atom. The van der Waals surface area contributed by atoms with Crippen LogP contribution >= 0.6 is 11.8 Å². The van der Waals surface area contributed by atoms with Crippen molar-refractivity contribution in [2.24, 2.45) is 5.73 Å². The highest BCUT2D eigenvalue weighted by atomic mass is 32.2. The standard InChI is InChI=1S/C10H19N3O2S/c1-16-9-5-12-4-7(9)13-2-3-15-6-8(13)10(11)14/h7-9,12H,2-6H2,1H3,(H2,11,14). The number of nitrogens with zero attached hydrogens (tertiary/aromatic N) is 1. The van der Waals surface area contributed by atoms with Gasteiger partial charge in [0.25, 0.3) is 0 Å². The number of amides is 1. The van der Waals surface area contributed by atoms with Crippen LogP contribution in [0.4, 0.5) is 0 Å². The first-order chi connectivity index (χ1) is 7.74. The highest BCUT2D eigenvalue weighted by Gasteiger charge is 2.38. The van der Waals surface area contributed by atoms with Crippen LogP contribution < -0.4 is 11.1 Å². The Kier molecular flexibility index (Phi) is 4.07. The molecule has 16 heavy (non-hydrogen) atoms. The van der Waals surface area contributed by atoms with Crippen LogP contribution in [-0.2, 0) is 9.53 Å². The van der Waals surface area contributed by atoms with Crippen molar-refractivity contribution in [3.05, 3.63) is 0 Å². The van der Waals surface area contributed by atoms with Gasteiger partial charge in [0, 0.05) is 30.9 Å². The van der Waals surface area contributed by atoms with E-state index in [2.05, 4.69) is 16.5 Å². The summed E-state index contributed by atoms with van der Waals surface area (Å²) < 4.78 is 5.33. The Balaban J connectivity index is 2.07. The van der Waals surface area contributed by atoms with Crippen LogP contribution in [-0.4, -0.2) is 67.2 Å². The predicted molar refractivity (Wildman–Crippen MR) is 64.5 cm³/mol. The quantitative estimate of drug-likeness (QED) is 0.659. The number of primary amides is 1. The maximum absolute atomic E-state index is 11.4. The minimum absolute atomic E-state index is 0.256. The molecular formula is C10H19N3O2S. The summed E-state index contributed by atoms with van der Waals surface area (Å²) in [6, 6.07) is 0.143. The van der Waals surface area contributed by atoms with Crippen LogP contribution in [0.2, 0.25) is 0 Å². The number of morpholine rings is 1. The van der Waals surface area contributed by atoms with Gasteiger partial charge in [0.15, 0.2) is 0 Å². The fraction of sp³-hybridized carbons (Fsp3) is 0.900. The molecule has 3 N–H and O–H groups in total. The molecule has 0 saturated carbocycles. The molecule has 5 nitrogen and oxygen atoms in total. The molecule has 2 aliphatic heterocycles. The van der Waals surface area contributed by atoms with Crippen molar-refractivity contribution in [3.63, 3.8) is 0 Å². The molecule has 0 radical (unpaired) electrons. The lowest BCUT2D eigenvalue weighted by molar-refractivity contribution is -0.130. The third-order valence-electron chi connectivity index (χ3n) is 3.36. The van der Waals surface area contributed by atoms with E-state index < -0.39 is 0 Å². The van der Waals surface area contributed by atoms with Gasteiger partial charge in [-0.15, -0.1) is 0 Å². The normalized spacial score (nSPS) is 36.4. The third-order valence-corrected chi connectivity index (χ3v) is 4.44. The van der Waals surface area contributed by atoms with Crippen molar-refractivity contribution < 1.29 is 9.53 Å². The Morgan fingerprint density at radius 2 is 2.38 bits per heavy atom. The van der Waals surface area contributed by atoms with Gasteiger partial charge in [-0.2, -0.15) is 11.8 Å². The van der Waals surface area contributed by atoms with Crippen LogP contribution in [0.3, 0.4) is 0 Å². The number of thioether (sulfide) groups is 1. The molecule has 2 heterocycles. The summed E-state index contributed by atoms with van der Waals surface area (Å²) in [5, 5.41) is 3.92. The molecule has 2 rings (SSSR count). The molecule has 92 valence electrons. The Morgan fingerprint density at radius 3 is 3.06 bits per heavy atom. The van der Waals surface area contributed by atoms with Crippen molar-refractivity contribution >= 4 is 17.7 Å². The van der Waals surface area contributed by atoms with E-state index in [0.29, 0.717) is 24.5 Å². The molecule has 0 bridgehead atoms. The fourth-order valence-electron chi connectivity index (χ4n) is 2.47. The zero-order valence-corrected chi connectivity index (χ0v) is 10.3. The summed E-state index contributed by atoms with van der Waals surface area (Å²) in [6.45, 7) is 3.88. The number of carbonyl (C=O) groups excluding carboxylic acids is 1. The van der Waals surface area contributed by atoms with Crippen LogP contribution in [0.1, 0.15) is 0 Å². The van der Waals surface area contributed by atoms with E-state index >= 15 is 0 Å². The second-order valence-electron chi connectivity index (χ2n) is 4.23. The number of nitrogens with one attached hydrogen (secondary N) is 1. The molecule has 0 aromatic rings. The molecule has 6 heteroatoms. The molecule has 0 aromatic heterocycles. The van der Waals surface area contributed by atoms with Gasteiger partial charge in [0.1, 0.15) is 6.04 Å². The molecule has 2 aliphatic rings. The molecule has 3 unspecified atom stereocenters. The van der Waals surface area contributed by atoms with E-state index in [1.54, 1.807) is 0 Å². The molecular weight excluding hydrogens is 226 g/mol. The molecule has 0 spiro atoms. The van der Waals surface area contributed by atoms with Gasteiger partial charge in [-0.3, -0.25) is 9.69 Å². The number of nitrogens with two attached hydrogens (primary N) is 1. The van der Waals surface area contributed by atoms with Gasteiger partial charge in [0.2, 0.25) is 5.91 Å². The van der Waals surface area contributed by atoms with Crippen molar-refractivity contribution in [2.75, 3.05) is 39.1 Å². The second-order valence-corrected chi connectivity index (χ2v) is 5.31. The fourth-order valence-corrected chi connectivity index (χ4v) is 3.32. The SMILES string of the molecule is CSC1CNCC1N1CCOCC1C(N)=O. The maximum atomic E-state index is 11.4. The largest absolute Gasteiger partial charge is 0.378 e. The summed E-state index contributed by atoms with van der Waals surface area (Å²) in [5.74, 6) is -0.272. The zero-order valence-electron chi connectivity index (χ0n) is 9.52. The average molecular weight is 245 g/mol. The minimum Gasteiger partial charge on any atom is -0.378 e. The molecule has 2 fully saturated rings. The Bertz CT molecular complexity index is 264. The molecule has 2 saturated heterocycles. The molecule has 0 aliphatic carbocycles. The number of carbonyl (C=O) groups is 1. The summed E-state index contributed by atoms with van der Waals surface area (Å²) in [5.41, 5.74) is 5.42. The van der Waals surface area contributed by atoms with Crippen molar-refractivity contribution in [1.29, 1.82) is 0 Å². The number of hydrogen-bond acceptors (Lipinski definition) is 5. The average Bonchev–Trinajstić information content (AvgIpc) is 2.76. The van der Waals surface area contributed by atoms with Crippen LogP contribution in [0.15, 0.2) is 0 Å². The minimum atomic E-state index is -0.272. The lowest BCUT2D eigenvalue weighted by Gasteiger charge is -2.39. The van der Waals surface area contributed by atoms with Crippen LogP contribution in [0, 0.1) is 0 Å². The maximum Gasteiger partial charge on any atom is 0.237 e. The summed E-state index contributed by atoms with van der Waals surface area (Å²) in [6.07, 6.45) is 2.12. The van der Waals surface area contributed by atoms with E-state index in [1.165, 1.54) is 0 Å². The van der Waals surface area contributed by atoms with Crippen LogP contribution in [0.5, 0.6) is 0 Å². The highest BCUT2D eigenvalue weighted by molar-refractivity contribution is 7.99. The lowest BCUT2D eigenvalue weighted by Crippen LogP contribution is -2.58. The molecule has 3 atom stereocenters. The molecule has 1 amide bonds. The summed E-state index contributed by atoms with van der Waals surface area (Å²) in [4.78, 5) is 13.6. The summed E-state index contributed by atoms with van der Waals surface area (Å²) in [7, 11) is 0. The zero-order chi connectivity index (χ0) is 11.5. The van der Waals surface area contributed by atoms with Gasteiger partial charge in [-0.05, 0) is 6.26 Å². The number of ether oxygens (including phenoxy) is 1. The van der Waals surface area contributed by atoms with E-state index in [1.807, 2.05) is 11.8 Å². The first-order valence-electron chi connectivity index (χ1n) is 5.60. The van der Waals surface area contributed by atoms with E-state index in [0.717, 1.165) is 19.6 Å².